The van der Waals surface area contributed by atoms with Crippen molar-refractivity contribution in [2.24, 2.45) is 0 Å². The topological polar surface area (TPSA) is 81.1 Å². The lowest BCUT2D eigenvalue weighted by Gasteiger charge is -2.15. The number of anilines is 1. The number of nitrogens with zero attached hydrogens (tertiary/aromatic N) is 2. The molecular formula is C21H21N3O3S. The van der Waals surface area contributed by atoms with E-state index in [1.54, 1.807) is 4.68 Å². The molecule has 1 aliphatic heterocycles. The average molecular weight is 395 g/mol. The highest BCUT2D eigenvalue weighted by Gasteiger charge is 2.32. The molecule has 0 aliphatic carbocycles. The van der Waals surface area contributed by atoms with Crippen molar-refractivity contribution >= 4 is 21.4 Å². The fourth-order valence-electron chi connectivity index (χ4n) is 3.59. The number of hydrogen-bond donors (Lipinski definition) is 1. The summed E-state index contributed by atoms with van der Waals surface area (Å²) in [4.78, 5) is 13.1. The van der Waals surface area contributed by atoms with Gasteiger partial charge in [-0.1, -0.05) is 36.4 Å². The monoisotopic (exact) mass is 395 g/mol. The summed E-state index contributed by atoms with van der Waals surface area (Å²) in [6, 6.07) is 15.2. The summed E-state index contributed by atoms with van der Waals surface area (Å²) >= 11 is 0. The number of carbonyl (C=O) groups excluding carboxylic acids is 1. The molecule has 144 valence electrons. The van der Waals surface area contributed by atoms with E-state index >= 15 is 0 Å². The molecule has 1 aliphatic rings. The Balaban J connectivity index is 1.81. The molecule has 6 nitrogen and oxygen atoms in total. The third-order valence-corrected chi connectivity index (χ3v) is 6.59. The van der Waals surface area contributed by atoms with Crippen molar-refractivity contribution in [3.8, 4) is 5.69 Å². The molecule has 1 aromatic heterocycles. The zero-order valence-electron chi connectivity index (χ0n) is 15.8. The fraction of sp³-hybridized carbons (Fsp3) is 0.238. The first-order valence-electron chi connectivity index (χ1n) is 9.10. The summed E-state index contributed by atoms with van der Waals surface area (Å²) in [5.41, 5.74) is 4.88. The maximum Gasteiger partial charge on any atom is 0.276 e. The van der Waals surface area contributed by atoms with Crippen molar-refractivity contribution in [1.29, 1.82) is 0 Å². The number of benzene rings is 2. The van der Waals surface area contributed by atoms with Gasteiger partial charge in [0.2, 0.25) is 0 Å². The molecule has 0 bridgehead atoms. The van der Waals surface area contributed by atoms with Gasteiger partial charge in [-0.15, -0.1) is 0 Å². The van der Waals surface area contributed by atoms with Gasteiger partial charge in [0.15, 0.2) is 15.5 Å². The van der Waals surface area contributed by atoms with Crippen LogP contribution in [0.1, 0.15) is 32.9 Å². The minimum absolute atomic E-state index is 0.0660. The number of para-hydroxylation sites is 2. The summed E-state index contributed by atoms with van der Waals surface area (Å²) in [5.74, 6) is -0.485. The van der Waals surface area contributed by atoms with Crippen molar-refractivity contribution in [3.63, 3.8) is 0 Å². The third-order valence-electron chi connectivity index (χ3n) is 5.04. The lowest BCUT2D eigenvalue weighted by Crippen LogP contribution is -2.22. The Bertz CT molecular complexity index is 1140. The number of amides is 1. The van der Waals surface area contributed by atoms with Crippen LogP contribution in [-0.4, -0.2) is 29.9 Å². The molecule has 2 aromatic carbocycles. The van der Waals surface area contributed by atoms with Gasteiger partial charge in [-0.3, -0.25) is 4.79 Å². The van der Waals surface area contributed by atoms with Crippen LogP contribution in [0.3, 0.4) is 0 Å². The van der Waals surface area contributed by atoms with Crippen LogP contribution < -0.4 is 5.32 Å². The molecular weight excluding hydrogens is 374 g/mol. The van der Waals surface area contributed by atoms with Gasteiger partial charge in [-0.05, 0) is 37.1 Å². The molecule has 7 heteroatoms. The van der Waals surface area contributed by atoms with E-state index in [0.717, 1.165) is 28.2 Å². The van der Waals surface area contributed by atoms with Gasteiger partial charge < -0.3 is 5.32 Å². The van der Waals surface area contributed by atoms with E-state index in [1.165, 1.54) is 0 Å². The van der Waals surface area contributed by atoms with Gasteiger partial charge in [-0.25, -0.2) is 13.1 Å². The van der Waals surface area contributed by atoms with Crippen LogP contribution in [0.15, 0.2) is 48.5 Å². The van der Waals surface area contributed by atoms with E-state index in [4.69, 9.17) is 0 Å². The standard InChI is InChI=1S/C21H21N3O3S/c1-14-7-6-8-15(2)19(14)22-21(25)20-17-13-28(26,27)12-11-18(17)24(23-20)16-9-4-3-5-10-16/h3-10H,11-13H2,1-2H3,(H,22,25). The first-order valence-corrected chi connectivity index (χ1v) is 10.9. The summed E-state index contributed by atoms with van der Waals surface area (Å²) in [6.07, 6.45) is 0.343. The zero-order valence-corrected chi connectivity index (χ0v) is 16.6. The van der Waals surface area contributed by atoms with Gasteiger partial charge in [0.05, 0.1) is 22.9 Å². The molecule has 0 atom stereocenters. The van der Waals surface area contributed by atoms with Crippen molar-refractivity contribution < 1.29 is 13.2 Å². The van der Waals surface area contributed by atoms with E-state index in [-0.39, 0.29) is 23.1 Å². The van der Waals surface area contributed by atoms with Crippen LogP contribution in [-0.2, 0) is 22.0 Å². The Morgan fingerprint density at radius 1 is 1.04 bits per heavy atom. The van der Waals surface area contributed by atoms with Gasteiger partial charge in [-0.2, -0.15) is 5.10 Å². The minimum atomic E-state index is -3.24. The predicted octanol–water partition coefficient (Wildman–Crippen LogP) is 3.21. The molecule has 0 radical (unpaired) electrons. The largest absolute Gasteiger partial charge is 0.320 e. The van der Waals surface area contributed by atoms with Gasteiger partial charge >= 0.3 is 0 Å². The third kappa shape index (κ3) is 3.33. The summed E-state index contributed by atoms with van der Waals surface area (Å²) in [6.45, 7) is 3.84. The Labute approximate surface area is 164 Å². The van der Waals surface area contributed by atoms with Crippen molar-refractivity contribution in [3.05, 3.63) is 76.6 Å². The highest BCUT2D eigenvalue weighted by Crippen LogP contribution is 2.28. The van der Waals surface area contributed by atoms with Crippen molar-refractivity contribution in [2.75, 3.05) is 11.1 Å². The maximum atomic E-state index is 13.1. The minimum Gasteiger partial charge on any atom is -0.320 e. The molecule has 2 heterocycles. The predicted molar refractivity (Wildman–Crippen MR) is 109 cm³/mol. The molecule has 4 rings (SSSR count). The molecule has 28 heavy (non-hydrogen) atoms. The van der Waals surface area contributed by atoms with Crippen LogP contribution >= 0.6 is 0 Å². The Morgan fingerprint density at radius 3 is 2.39 bits per heavy atom. The average Bonchev–Trinajstić information content (AvgIpc) is 3.03. The Kier molecular flexibility index (Phi) is 4.55. The van der Waals surface area contributed by atoms with Gasteiger partial charge in [0.1, 0.15) is 0 Å². The number of aromatic nitrogens is 2. The lowest BCUT2D eigenvalue weighted by molar-refractivity contribution is 0.102. The number of aryl methyl sites for hydroxylation is 2. The number of hydrogen-bond acceptors (Lipinski definition) is 4. The SMILES string of the molecule is Cc1cccc(C)c1NC(=O)c1nn(-c2ccccc2)c2c1CS(=O)(=O)CC2. The maximum absolute atomic E-state index is 13.1. The molecule has 0 saturated heterocycles. The van der Waals surface area contributed by atoms with E-state index in [2.05, 4.69) is 10.4 Å². The second kappa shape index (κ2) is 6.91. The molecule has 0 saturated carbocycles. The summed E-state index contributed by atoms with van der Waals surface area (Å²) in [5, 5.41) is 7.45. The van der Waals surface area contributed by atoms with Crippen molar-refractivity contribution in [1.82, 2.24) is 9.78 Å². The van der Waals surface area contributed by atoms with Crippen LogP contribution in [0, 0.1) is 13.8 Å². The highest BCUT2D eigenvalue weighted by molar-refractivity contribution is 7.90. The summed E-state index contributed by atoms with van der Waals surface area (Å²) < 4.78 is 26.2. The molecule has 0 fully saturated rings. The molecule has 1 amide bonds. The van der Waals surface area contributed by atoms with Crippen molar-refractivity contribution in [2.45, 2.75) is 26.0 Å². The fourth-order valence-corrected chi connectivity index (χ4v) is 4.98. The highest BCUT2D eigenvalue weighted by atomic mass is 32.2. The smallest absolute Gasteiger partial charge is 0.276 e. The van der Waals surface area contributed by atoms with E-state index in [0.29, 0.717) is 12.0 Å². The molecule has 0 spiro atoms. The van der Waals surface area contributed by atoms with Crippen LogP contribution in [0.2, 0.25) is 0 Å². The Hall–Kier alpha value is -2.93. The molecule has 3 aromatic rings. The number of sulfone groups is 1. The van der Waals surface area contributed by atoms with E-state index in [1.807, 2.05) is 62.4 Å². The number of fused-ring (bicyclic) bond motifs is 1. The van der Waals surface area contributed by atoms with Crippen LogP contribution in [0.25, 0.3) is 5.69 Å². The zero-order chi connectivity index (χ0) is 19.9. The Morgan fingerprint density at radius 2 is 1.71 bits per heavy atom. The van der Waals surface area contributed by atoms with Gasteiger partial charge in [0.25, 0.3) is 5.91 Å². The first-order chi connectivity index (χ1) is 13.4. The normalized spacial score (nSPS) is 15.1. The summed E-state index contributed by atoms with van der Waals surface area (Å²) in [7, 11) is -3.24. The number of rotatable bonds is 3. The second-order valence-electron chi connectivity index (χ2n) is 7.08. The van der Waals surface area contributed by atoms with Crippen LogP contribution in [0.5, 0.6) is 0 Å². The lowest BCUT2D eigenvalue weighted by atomic mass is 10.1. The first kappa shape index (κ1) is 18.4. The molecule has 0 unspecified atom stereocenters. The molecule has 1 N–H and O–H groups in total. The number of carbonyl (C=O) groups is 1. The van der Waals surface area contributed by atoms with E-state index < -0.39 is 9.84 Å². The van der Waals surface area contributed by atoms with Crippen LogP contribution in [0.4, 0.5) is 5.69 Å². The second-order valence-corrected chi connectivity index (χ2v) is 9.27. The number of nitrogens with one attached hydrogen (secondary N) is 1. The quantitative estimate of drug-likeness (QED) is 0.738. The van der Waals surface area contributed by atoms with E-state index in [9.17, 15) is 13.2 Å². The van der Waals surface area contributed by atoms with Gasteiger partial charge in [0, 0.05) is 17.7 Å².